The van der Waals surface area contributed by atoms with Gasteiger partial charge in [0.15, 0.2) is 17.2 Å². The van der Waals surface area contributed by atoms with Gasteiger partial charge in [-0.15, -0.1) is 0 Å². The molecule has 0 fully saturated rings. The van der Waals surface area contributed by atoms with Crippen LogP contribution in [0.1, 0.15) is 10.5 Å². The third-order valence-corrected chi connectivity index (χ3v) is 2.85. The molecule has 1 aromatic carbocycles. The Morgan fingerprint density at radius 2 is 1.78 bits per heavy atom. The topological polar surface area (TPSA) is 60.6 Å². The maximum Gasteiger partial charge on any atom is 0.272 e. The SMILES string of the molecule is COc1ccc2[nH]c(C(=O)Cl)c(OC)c2c1OC. The van der Waals surface area contributed by atoms with Crippen molar-refractivity contribution in [3.8, 4) is 17.2 Å². The number of carbonyl (C=O) groups is 1. The number of methoxy groups -OCH3 is 3. The molecule has 2 aromatic rings. The van der Waals surface area contributed by atoms with Gasteiger partial charge in [0.1, 0.15) is 5.69 Å². The van der Waals surface area contributed by atoms with Crippen molar-refractivity contribution >= 4 is 27.7 Å². The first kappa shape index (κ1) is 12.6. The average molecular weight is 270 g/mol. The summed E-state index contributed by atoms with van der Waals surface area (Å²) in [7, 11) is 4.52. The second kappa shape index (κ2) is 4.78. The van der Waals surface area contributed by atoms with Crippen molar-refractivity contribution in [3.05, 3.63) is 17.8 Å². The van der Waals surface area contributed by atoms with E-state index in [-0.39, 0.29) is 5.69 Å². The number of aromatic amines is 1. The predicted molar refractivity (Wildman–Crippen MR) is 68.1 cm³/mol. The molecule has 1 heterocycles. The molecule has 96 valence electrons. The number of carbonyl (C=O) groups excluding carboxylic acids is 1. The van der Waals surface area contributed by atoms with Crippen molar-refractivity contribution in [2.75, 3.05) is 21.3 Å². The van der Waals surface area contributed by atoms with E-state index < -0.39 is 5.24 Å². The molecule has 1 N–H and O–H groups in total. The van der Waals surface area contributed by atoms with Crippen molar-refractivity contribution < 1.29 is 19.0 Å². The van der Waals surface area contributed by atoms with Crippen LogP contribution in [0.2, 0.25) is 0 Å². The summed E-state index contributed by atoms with van der Waals surface area (Å²) in [6.45, 7) is 0. The highest BCUT2D eigenvalue weighted by atomic mass is 35.5. The van der Waals surface area contributed by atoms with Gasteiger partial charge in [0.25, 0.3) is 5.24 Å². The van der Waals surface area contributed by atoms with Crippen molar-refractivity contribution in [2.45, 2.75) is 0 Å². The molecule has 0 saturated heterocycles. The van der Waals surface area contributed by atoms with E-state index in [0.717, 1.165) is 0 Å². The van der Waals surface area contributed by atoms with Crippen molar-refractivity contribution in [1.29, 1.82) is 0 Å². The minimum absolute atomic E-state index is 0.195. The van der Waals surface area contributed by atoms with Crippen molar-refractivity contribution in [3.63, 3.8) is 0 Å². The summed E-state index contributed by atoms with van der Waals surface area (Å²) in [5.41, 5.74) is 0.884. The number of H-pyrrole nitrogens is 1. The lowest BCUT2D eigenvalue weighted by Crippen LogP contribution is -1.94. The van der Waals surface area contributed by atoms with Crippen molar-refractivity contribution in [2.24, 2.45) is 0 Å². The summed E-state index contributed by atoms with van der Waals surface area (Å²) in [4.78, 5) is 14.2. The van der Waals surface area contributed by atoms with Crippen molar-refractivity contribution in [1.82, 2.24) is 4.98 Å². The highest BCUT2D eigenvalue weighted by molar-refractivity contribution is 6.68. The number of benzene rings is 1. The Morgan fingerprint density at radius 3 is 2.28 bits per heavy atom. The maximum absolute atomic E-state index is 11.3. The summed E-state index contributed by atoms with van der Waals surface area (Å²) in [5.74, 6) is 1.39. The van der Waals surface area contributed by atoms with Crippen LogP contribution >= 0.6 is 11.6 Å². The molecule has 0 radical (unpaired) electrons. The second-order valence-electron chi connectivity index (χ2n) is 3.53. The first-order chi connectivity index (χ1) is 8.63. The lowest BCUT2D eigenvalue weighted by atomic mass is 10.2. The van der Waals surface area contributed by atoms with Crippen LogP contribution in [0.25, 0.3) is 10.9 Å². The summed E-state index contributed by atoms with van der Waals surface area (Å²) in [6.07, 6.45) is 0. The standard InChI is InChI=1S/C12H12ClNO4/c1-16-7-5-4-6-8(10(7)17-2)11(18-3)9(14-6)12(13)15/h4-5,14H,1-3H3. The summed E-state index contributed by atoms with van der Waals surface area (Å²) < 4.78 is 15.7. The third kappa shape index (κ3) is 1.76. The maximum atomic E-state index is 11.3. The number of halogens is 1. The minimum atomic E-state index is -0.621. The molecule has 0 aliphatic carbocycles. The Bertz CT molecular complexity index is 606. The monoisotopic (exact) mass is 269 g/mol. The van der Waals surface area contributed by atoms with Crippen LogP contribution < -0.4 is 14.2 Å². The van der Waals surface area contributed by atoms with Gasteiger partial charge in [0, 0.05) is 0 Å². The molecule has 0 aliphatic heterocycles. The van der Waals surface area contributed by atoms with E-state index in [1.54, 1.807) is 12.1 Å². The Balaban J connectivity index is 2.86. The van der Waals surface area contributed by atoms with Gasteiger partial charge in [-0.05, 0) is 23.7 Å². The molecular weight excluding hydrogens is 258 g/mol. The molecular formula is C12H12ClNO4. The molecule has 0 unspecified atom stereocenters. The summed E-state index contributed by atoms with van der Waals surface area (Å²) in [6, 6.07) is 3.50. The highest BCUT2D eigenvalue weighted by Crippen LogP contribution is 2.42. The van der Waals surface area contributed by atoms with Gasteiger partial charge in [-0.1, -0.05) is 0 Å². The number of rotatable bonds is 4. The van der Waals surface area contributed by atoms with Gasteiger partial charge in [-0.3, -0.25) is 4.79 Å². The van der Waals surface area contributed by atoms with Crippen LogP contribution in [0.5, 0.6) is 17.2 Å². The van der Waals surface area contributed by atoms with Crippen LogP contribution in [0.15, 0.2) is 12.1 Å². The van der Waals surface area contributed by atoms with Crippen LogP contribution in [-0.4, -0.2) is 31.6 Å². The number of nitrogens with one attached hydrogen (secondary N) is 1. The van der Waals surface area contributed by atoms with Gasteiger partial charge < -0.3 is 19.2 Å². The van der Waals surface area contributed by atoms with E-state index in [9.17, 15) is 4.79 Å². The quantitative estimate of drug-likeness (QED) is 0.867. The molecule has 6 heteroatoms. The number of ether oxygens (including phenoxy) is 3. The van der Waals surface area contributed by atoms with Gasteiger partial charge in [0.2, 0.25) is 0 Å². The molecule has 0 bridgehead atoms. The van der Waals surface area contributed by atoms with Crippen LogP contribution in [0, 0.1) is 0 Å². The zero-order chi connectivity index (χ0) is 13.3. The number of aromatic nitrogens is 1. The van der Waals surface area contributed by atoms with E-state index in [4.69, 9.17) is 25.8 Å². The fourth-order valence-corrected chi connectivity index (χ4v) is 2.05. The molecule has 0 aliphatic rings. The summed E-state index contributed by atoms with van der Waals surface area (Å²) in [5, 5.41) is 0.00687. The van der Waals surface area contributed by atoms with Gasteiger partial charge in [-0.2, -0.15) is 0 Å². The normalized spacial score (nSPS) is 10.4. The van der Waals surface area contributed by atoms with Gasteiger partial charge in [0.05, 0.1) is 32.2 Å². The molecule has 0 spiro atoms. The molecule has 18 heavy (non-hydrogen) atoms. The molecule has 0 atom stereocenters. The first-order valence-electron chi connectivity index (χ1n) is 5.14. The Hall–Kier alpha value is -1.88. The third-order valence-electron chi connectivity index (χ3n) is 2.66. The zero-order valence-electron chi connectivity index (χ0n) is 10.2. The van der Waals surface area contributed by atoms with Crippen LogP contribution in [0.4, 0.5) is 0 Å². The fraction of sp³-hybridized carbons (Fsp3) is 0.250. The second-order valence-corrected chi connectivity index (χ2v) is 3.87. The number of hydrogen-bond donors (Lipinski definition) is 1. The molecule has 1 aromatic heterocycles. The number of fused-ring (bicyclic) bond motifs is 1. The van der Waals surface area contributed by atoms with E-state index in [0.29, 0.717) is 28.2 Å². The Morgan fingerprint density at radius 1 is 1.11 bits per heavy atom. The Labute approximate surface area is 109 Å². The largest absolute Gasteiger partial charge is 0.494 e. The van der Waals surface area contributed by atoms with E-state index >= 15 is 0 Å². The first-order valence-corrected chi connectivity index (χ1v) is 5.52. The molecule has 5 nitrogen and oxygen atoms in total. The molecule has 0 amide bonds. The van der Waals surface area contributed by atoms with Crippen LogP contribution in [-0.2, 0) is 0 Å². The van der Waals surface area contributed by atoms with Gasteiger partial charge >= 0.3 is 0 Å². The van der Waals surface area contributed by atoms with Crippen LogP contribution in [0.3, 0.4) is 0 Å². The highest BCUT2D eigenvalue weighted by Gasteiger charge is 2.22. The van der Waals surface area contributed by atoms with E-state index in [1.165, 1.54) is 21.3 Å². The predicted octanol–water partition coefficient (Wildman–Crippen LogP) is 2.57. The average Bonchev–Trinajstić information content (AvgIpc) is 2.75. The van der Waals surface area contributed by atoms with Gasteiger partial charge in [-0.25, -0.2) is 0 Å². The smallest absolute Gasteiger partial charge is 0.272 e. The Kier molecular flexibility index (Phi) is 3.34. The van der Waals surface area contributed by atoms with E-state index in [2.05, 4.69) is 4.98 Å². The lowest BCUT2D eigenvalue weighted by Gasteiger charge is -2.09. The number of hydrogen-bond acceptors (Lipinski definition) is 4. The molecule has 2 rings (SSSR count). The fourth-order valence-electron chi connectivity index (χ4n) is 1.92. The lowest BCUT2D eigenvalue weighted by molar-refractivity contribution is 0.107. The van der Waals surface area contributed by atoms with E-state index in [1.807, 2.05) is 0 Å². The zero-order valence-corrected chi connectivity index (χ0v) is 10.9. The minimum Gasteiger partial charge on any atom is -0.494 e. The molecule has 0 saturated carbocycles. The summed E-state index contributed by atoms with van der Waals surface area (Å²) >= 11 is 5.51.